The first-order chi connectivity index (χ1) is 7.09. The van der Waals surface area contributed by atoms with Gasteiger partial charge in [0.25, 0.3) is 0 Å². The fourth-order valence-electron chi connectivity index (χ4n) is 1.79. The van der Waals surface area contributed by atoms with Crippen LogP contribution in [0.5, 0.6) is 0 Å². The Bertz CT molecular complexity index is 320. The van der Waals surface area contributed by atoms with Gasteiger partial charge in [0.2, 0.25) is 0 Å². The zero-order valence-electron chi connectivity index (χ0n) is 10.0. The Morgan fingerprint density at radius 1 is 1.42 bits per heavy atom. The van der Waals surface area contributed by atoms with Crippen molar-refractivity contribution in [3.05, 3.63) is 35.9 Å². The summed E-state index contributed by atoms with van der Waals surface area (Å²) in [6, 6.07) is 9.97. The van der Waals surface area contributed by atoms with Crippen molar-refractivity contribution >= 4 is 0 Å². The summed E-state index contributed by atoms with van der Waals surface area (Å²) in [4.78, 5) is 1.63. The molecule has 0 N–H and O–H groups in total. The van der Waals surface area contributed by atoms with E-state index in [-0.39, 0.29) is 6.04 Å². The molecule has 0 aromatic heterocycles. The third kappa shape index (κ3) is 1.37. The van der Waals surface area contributed by atoms with E-state index in [9.17, 15) is 0 Å². The van der Waals surface area contributed by atoms with Crippen LogP contribution >= 0.6 is 0 Å². The molecule has 0 aliphatic carbocycles. The predicted molar refractivity (Wildman–Crippen MR) is 51.0 cm³/mol. The number of nitrogens with zero attached hydrogens (tertiary/aromatic N) is 1. The second kappa shape index (κ2) is 3.28. The fraction of sp³-hybridized carbons (Fsp3) is 0.455. The molecule has 0 bridgehead atoms. The van der Waals surface area contributed by atoms with Gasteiger partial charge in [-0.2, -0.15) is 0 Å². The Morgan fingerprint density at radius 2 is 2.25 bits per heavy atom. The molecule has 2 rings (SSSR count). The molecule has 1 aliphatic rings. The molecule has 1 heterocycles. The maximum absolute atomic E-state index is 7.47. The minimum Gasteiger partial charge on any atom is -0.299 e. The third-order valence-electron chi connectivity index (χ3n) is 2.44. The van der Waals surface area contributed by atoms with Crippen LogP contribution in [0.25, 0.3) is 0 Å². The highest BCUT2D eigenvalue weighted by Gasteiger charge is 2.21. The molecule has 64 valence electrons. The summed E-state index contributed by atoms with van der Waals surface area (Å²) in [6.07, 6.45) is 1.92. The van der Waals surface area contributed by atoms with Gasteiger partial charge in [0.15, 0.2) is 0 Å². The Morgan fingerprint density at radius 3 is 3.00 bits per heavy atom. The largest absolute Gasteiger partial charge is 0.299 e. The van der Waals surface area contributed by atoms with Gasteiger partial charge in [0, 0.05) is 10.2 Å². The molecule has 1 heteroatoms. The van der Waals surface area contributed by atoms with Gasteiger partial charge >= 0.3 is 0 Å². The first kappa shape index (κ1) is 5.03. The molecule has 1 fully saturated rings. The minimum atomic E-state index is -1.96. The Balaban J connectivity index is 2.23. The van der Waals surface area contributed by atoms with Crippen molar-refractivity contribution in [1.29, 1.82) is 0 Å². The minimum absolute atomic E-state index is 0.0682. The summed E-state index contributed by atoms with van der Waals surface area (Å²) >= 11 is 0. The van der Waals surface area contributed by atoms with Gasteiger partial charge in [0.1, 0.15) is 0 Å². The van der Waals surface area contributed by atoms with E-state index in [0.717, 1.165) is 18.4 Å². The number of rotatable bonds is 1. The quantitative estimate of drug-likeness (QED) is 0.616. The third-order valence-corrected chi connectivity index (χ3v) is 2.44. The highest BCUT2D eigenvalue weighted by molar-refractivity contribution is 5.19. The lowest BCUT2D eigenvalue weighted by Crippen LogP contribution is -2.17. The second-order valence-electron chi connectivity index (χ2n) is 3.26. The first-order valence-corrected chi connectivity index (χ1v) is 4.41. The van der Waals surface area contributed by atoms with Crippen molar-refractivity contribution in [3.63, 3.8) is 0 Å². The van der Waals surface area contributed by atoms with Crippen LogP contribution in [-0.4, -0.2) is 18.4 Å². The molecular formula is C11H15N. The van der Waals surface area contributed by atoms with Crippen LogP contribution in [0.2, 0.25) is 0 Å². The molecular weight excluding hydrogens is 146 g/mol. The van der Waals surface area contributed by atoms with Gasteiger partial charge < -0.3 is 0 Å². The normalized spacial score (nSPS) is 29.3. The van der Waals surface area contributed by atoms with E-state index >= 15 is 0 Å². The van der Waals surface area contributed by atoms with Crippen LogP contribution < -0.4 is 0 Å². The molecule has 0 spiro atoms. The van der Waals surface area contributed by atoms with Crippen molar-refractivity contribution in [3.8, 4) is 0 Å². The first-order valence-electron chi connectivity index (χ1n) is 5.91. The number of benzene rings is 1. The van der Waals surface area contributed by atoms with Gasteiger partial charge in [-0.05, 0) is 31.9 Å². The van der Waals surface area contributed by atoms with Crippen LogP contribution in [0.4, 0.5) is 0 Å². The molecule has 12 heavy (non-hydrogen) atoms. The van der Waals surface area contributed by atoms with Gasteiger partial charge in [-0.15, -0.1) is 0 Å². The lowest BCUT2D eigenvalue weighted by atomic mass is 10.1. The summed E-state index contributed by atoms with van der Waals surface area (Å²) in [5, 5.41) is 0. The summed E-state index contributed by atoms with van der Waals surface area (Å²) < 4.78 is 22.4. The molecule has 1 aromatic rings. The topological polar surface area (TPSA) is 3.24 Å². The Kier molecular flexibility index (Phi) is 1.37. The zero-order chi connectivity index (χ0) is 10.9. The van der Waals surface area contributed by atoms with Crippen LogP contribution in [0.15, 0.2) is 30.3 Å². The van der Waals surface area contributed by atoms with E-state index in [2.05, 4.69) is 0 Å². The van der Waals surface area contributed by atoms with Gasteiger partial charge in [-0.25, -0.2) is 0 Å². The maximum atomic E-state index is 7.47. The van der Waals surface area contributed by atoms with Gasteiger partial charge in [-0.3, -0.25) is 4.90 Å². The number of hydrogen-bond donors (Lipinski definition) is 0. The molecule has 0 amide bonds. The van der Waals surface area contributed by atoms with Gasteiger partial charge in [0.05, 0.1) is 0 Å². The smallest absolute Gasteiger partial charge is 0.0394 e. The molecule has 1 aromatic carbocycles. The van der Waals surface area contributed by atoms with Crippen LogP contribution in [-0.2, 0) is 0 Å². The van der Waals surface area contributed by atoms with Crippen LogP contribution in [0.3, 0.4) is 0 Å². The van der Waals surface area contributed by atoms with E-state index in [4.69, 9.17) is 4.11 Å². The number of likely N-dealkylation sites (tertiary alicyclic amines) is 1. The number of hydrogen-bond acceptors (Lipinski definition) is 1. The lowest BCUT2D eigenvalue weighted by molar-refractivity contribution is 0.317. The highest BCUT2D eigenvalue weighted by Crippen LogP contribution is 2.29. The molecule has 1 aliphatic heterocycles. The molecule has 0 saturated carbocycles. The average Bonchev–Trinajstić information content (AvgIpc) is 2.67. The van der Waals surface area contributed by atoms with E-state index in [0.29, 0.717) is 6.54 Å². The van der Waals surface area contributed by atoms with E-state index in [1.807, 2.05) is 30.3 Å². The molecule has 0 radical (unpaired) electrons. The monoisotopic (exact) mass is 164 g/mol. The van der Waals surface area contributed by atoms with E-state index in [1.165, 1.54) is 0 Å². The van der Waals surface area contributed by atoms with Gasteiger partial charge in [-0.1, -0.05) is 30.3 Å². The second-order valence-corrected chi connectivity index (χ2v) is 3.26. The predicted octanol–water partition coefficient (Wildman–Crippen LogP) is 2.45. The Labute approximate surface area is 78.2 Å². The average molecular weight is 164 g/mol. The summed E-state index contributed by atoms with van der Waals surface area (Å²) in [6.45, 7) is -1.28. The van der Waals surface area contributed by atoms with Crippen molar-refractivity contribution in [1.82, 2.24) is 4.90 Å². The fourth-order valence-corrected chi connectivity index (χ4v) is 1.79. The van der Waals surface area contributed by atoms with Crippen molar-refractivity contribution in [2.75, 3.05) is 13.5 Å². The standard InChI is InChI=1S/C11H15N/c1-12-9-5-8-11(12)10-6-3-2-4-7-10/h2-4,6-7,11H,5,8-9H2,1H3/t11-/m1/s1/i1D3. The van der Waals surface area contributed by atoms with Crippen LogP contribution in [0.1, 0.15) is 28.6 Å². The van der Waals surface area contributed by atoms with Crippen LogP contribution in [0, 0.1) is 0 Å². The zero-order valence-corrected chi connectivity index (χ0v) is 7.03. The summed E-state index contributed by atoms with van der Waals surface area (Å²) in [7, 11) is 0. The lowest BCUT2D eigenvalue weighted by Gasteiger charge is -2.19. The molecule has 1 saturated heterocycles. The summed E-state index contributed by atoms with van der Waals surface area (Å²) in [5.41, 5.74) is 1.12. The molecule has 1 nitrogen and oxygen atoms in total. The molecule has 0 unspecified atom stereocenters. The van der Waals surface area contributed by atoms with Crippen molar-refractivity contribution in [2.24, 2.45) is 0 Å². The summed E-state index contributed by atoms with van der Waals surface area (Å²) in [5.74, 6) is 0. The van der Waals surface area contributed by atoms with Crippen molar-refractivity contribution in [2.45, 2.75) is 18.9 Å². The maximum Gasteiger partial charge on any atom is 0.0394 e. The Hall–Kier alpha value is -0.820. The molecule has 1 atom stereocenters. The van der Waals surface area contributed by atoms with E-state index < -0.39 is 6.98 Å². The van der Waals surface area contributed by atoms with E-state index in [1.54, 1.807) is 4.90 Å². The van der Waals surface area contributed by atoms with Crippen molar-refractivity contribution < 1.29 is 4.11 Å². The highest BCUT2D eigenvalue weighted by atomic mass is 15.1. The SMILES string of the molecule is [2H]C([2H])([2H])N1CCC[C@@H]1c1ccccc1.